The highest BCUT2D eigenvalue weighted by Crippen LogP contribution is 2.65. The van der Waals surface area contributed by atoms with Crippen LogP contribution in [-0.4, -0.2) is 10.7 Å². The van der Waals surface area contributed by atoms with Gasteiger partial charge in [0.1, 0.15) is 0 Å². The molecule has 130 valence electrons. The Morgan fingerprint density at radius 3 is 2.39 bits per heavy atom. The summed E-state index contributed by atoms with van der Waals surface area (Å²) in [5.41, 5.74) is 1.60. The van der Waals surface area contributed by atoms with Crippen molar-refractivity contribution in [2.75, 3.05) is 0 Å². The number of rotatable bonds is 1. The van der Waals surface area contributed by atoms with Gasteiger partial charge in [0.05, 0.1) is 5.60 Å². The summed E-state index contributed by atoms with van der Waals surface area (Å²) in [6.07, 6.45) is 11.9. The summed E-state index contributed by atoms with van der Waals surface area (Å²) in [5.74, 6) is 5.39. The Hall–Kier alpha value is -0.300. The highest BCUT2D eigenvalue weighted by Gasteiger charge is 2.57. The molecule has 0 bridgehead atoms. The van der Waals surface area contributed by atoms with Crippen molar-refractivity contribution in [1.82, 2.24) is 0 Å². The number of hydrogen-bond donors (Lipinski definition) is 1. The van der Waals surface area contributed by atoms with Crippen LogP contribution in [0.15, 0.2) is 12.2 Å². The van der Waals surface area contributed by atoms with Crippen molar-refractivity contribution in [3.8, 4) is 0 Å². The third-order valence-corrected chi connectivity index (χ3v) is 8.83. The lowest BCUT2D eigenvalue weighted by Crippen LogP contribution is -2.50. The standard InChI is InChI=1S/C22H36O/c1-14(2)19-7-8-20-18-6-5-15-13-21(3,23)11-9-16(15)17(18)10-12-22(19,20)4/h15-20,23H,1,5-13H2,2-4H3/t15?,16?,17?,18?,19?,20?,21-,22?/m1/s1. The highest BCUT2D eigenvalue weighted by atomic mass is 16.3. The van der Waals surface area contributed by atoms with E-state index in [9.17, 15) is 5.11 Å². The maximum absolute atomic E-state index is 10.5. The summed E-state index contributed by atoms with van der Waals surface area (Å²) < 4.78 is 0. The van der Waals surface area contributed by atoms with E-state index in [1.54, 1.807) is 0 Å². The van der Waals surface area contributed by atoms with E-state index < -0.39 is 0 Å². The predicted molar refractivity (Wildman–Crippen MR) is 96.0 cm³/mol. The molecule has 0 amide bonds. The van der Waals surface area contributed by atoms with Gasteiger partial charge in [0.25, 0.3) is 0 Å². The topological polar surface area (TPSA) is 20.2 Å². The van der Waals surface area contributed by atoms with Gasteiger partial charge in [0.15, 0.2) is 0 Å². The van der Waals surface area contributed by atoms with Crippen molar-refractivity contribution >= 4 is 0 Å². The van der Waals surface area contributed by atoms with Crippen molar-refractivity contribution in [2.45, 2.75) is 84.2 Å². The third-order valence-electron chi connectivity index (χ3n) is 8.83. The van der Waals surface area contributed by atoms with E-state index in [4.69, 9.17) is 0 Å². The van der Waals surface area contributed by atoms with E-state index in [0.29, 0.717) is 5.41 Å². The molecule has 0 aromatic rings. The van der Waals surface area contributed by atoms with Crippen molar-refractivity contribution in [1.29, 1.82) is 0 Å². The number of aliphatic hydroxyl groups is 1. The van der Waals surface area contributed by atoms with Crippen LogP contribution in [0, 0.1) is 40.9 Å². The molecule has 0 radical (unpaired) electrons. The summed E-state index contributed by atoms with van der Waals surface area (Å²) in [6, 6.07) is 0. The first-order chi connectivity index (χ1) is 10.8. The van der Waals surface area contributed by atoms with E-state index in [1.165, 1.54) is 50.5 Å². The molecule has 4 aliphatic rings. The molecular formula is C22H36O. The van der Waals surface area contributed by atoms with Gasteiger partial charge in [-0.15, -0.1) is 0 Å². The molecule has 0 saturated heterocycles. The molecule has 0 spiro atoms. The Labute approximate surface area is 142 Å². The quantitative estimate of drug-likeness (QED) is 0.626. The normalized spacial score (nSPS) is 55.7. The molecular weight excluding hydrogens is 280 g/mol. The zero-order valence-corrected chi connectivity index (χ0v) is 15.5. The van der Waals surface area contributed by atoms with Gasteiger partial charge in [-0.25, -0.2) is 0 Å². The Bertz CT molecular complexity index is 492. The highest BCUT2D eigenvalue weighted by molar-refractivity contribution is 5.14. The van der Waals surface area contributed by atoms with Crippen LogP contribution in [0.4, 0.5) is 0 Å². The monoisotopic (exact) mass is 316 g/mol. The minimum atomic E-state index is -0.379. The molecule has 1 N–H and O–H groups in total. The lowest BCUT2D eigenvalue weighted by Gasteiger charge is -2.57. The first-order valence-corrected chi connectivity index (χ1v) is 10.2. The van der Waals surface area contributed by atoms with Crippen LogP contribution < -0.4 is 0 Å². The molecule has 4 rings (SSSR count). The molecule has 4 saturated carbocycles. The minimum Gasteiger partial charge on any atom is -0.390 e. The van der Waals surface area contributed by atoms with E-state index in [1.807, 2.05) is 0 Å². The second-order valence-corrected chi connectivity index (χ2v) is 10.2. The summed E-state index contributed by atoms with van der Waals surface area (Å²) >= 11 is 0. The van der Waals surface area contributed by atoms with Crippen LogP contribution >= 0.6 is 0 Å². The predicted octanol–water partition coefficient (Wildman–Crippen LogP) is 5.58. The Morgan fingerprint density at radius 2 is 1.65 bits per heavy atom. The zero-order chi connectivity index (χ0) is 16.4. The average Bonchev–Trinajstić information content (AvgIpc) is 2.83. The SMILES string of the molecule is C=C(C)C1CCC2C3CCC4C[C@](C)(O)CCC4C3CCC12C. The fourth-order valence-electron chi connectivity index (χ4n) is 7.89. The van der Waals surface area contributed by atoms with Gasteiger partial charge < -0.3 is 5.11 Å². The van der Waals surface area contributed by atoms with Crippen LogP contribution in [0.25, 0.3) is 0 Å². The third kappa shape index (κ3) is 2.44. The average molecular weight is 317 g/mol. The minimum absolute atomic E-state index is 0.379. The fourth-order valence-corrected chi connectivity index (χ4v) is 7.89. The van der Waals surface area contributed by atoms with Gasteiger partial charge in [-0.1, -0.05) is 19.1 Å². The Kier molecular flexibility index (Phi) is 3.76. The van der Waals surface area contributed by atoms with Gasteiger partial charge in [-0.2, -0.15) is 0 Å². The molecule has 0 aromatic heterocycles. The summed E-state index contributed by atoms with van der Waals surface area (Å²) in [5, 5.41) is 10.5. The lowest BCUT2D eigenvalue weighted by atomic mass is 9.49. The van der Waals surface area contributed by atoms with Crippen LogP contribution in [0.3, 0.4) is 0 Å². The summed E-state index contributed by atoms with van der Waals surface area (Å²) in [6.45, 7) is 11.3. The lowest BCUT2D eigenvalue weighted by molar-refractivity contribution is -0.0977. The van der Waals surface area contributed by atoms with Gasteiger partial charge >= 0.3 is 0 Å². The summed E-state index contributed by atoms with van der Waals surface area (Å²) in [7, 11) is 0. The maximum atomic E-state index is 10.5. The number of hydrogen-bond acceptors (Lipinski definition) is 1. The number of fused-ring (bicyclic) bond motifs is 5. The van der Waals surface area contributed by atoms with E-state index in [2.05, 4.69) is 27.4 Å². The first-order valence-electron chi connectivity index (χ1n) is 10.2. The van der Waals surface area contributed by atoms with Crippen molar-refractivity contribution < 1.29 is 5.11 Å². The van der Waals surface area contributed by atoms with Gasteiger partial charge in [0, 0.05) is 0 Å². The number of allylic oxidation sites excluding steroid dienone is 1. The smallest absolute Gasteiger partial charge is 0.0622 e. The van der Waals surface area contributed by atoms with Crippen molar-refractivity contribution in [3.63, 3.8) is 0 Å². The molecule has 0 heterocycles. The molecule has 8 atom stereocenters. The van der Waals surface area contributed by atoms with Crippen molar-refractivity contribution in [3.05, 3.63) is 12.2 Å². The summed E-state index contributed by atoms with van der Waals surface area (Å²) in [4.78, 5) is 0. The molecule has 4 aliphatic carbocycles. The van der Waals surface area contributed by atoms with Crippen LogP contribution in [-0.2, 0) is 0 Å². The first kappa shape index (κ1) is 16.2. The Balaban J connectivity index is 1.56. The molecule has 0 aromatic carbocycles. The molecule has 7 unspecified atom stereocenters. The van der Waals surface area contributed by atoms with Crippen molar-refractivity contribution in [2.24, 2.45) is 40.9 Å². The van der Waals surface area contributed by atoms with E-state index in [0.717, 1.165) is 48.3 Å². The molecule has 0 aliphatic heterocycles. The Morgan fingerprint density at radius 1 is 0.913 bits per heavy atom. The second kappa shape index (κ2) is 5.35. The molecule has 23 heavy (non-hydrogen) atoms. The largest absolute Gasteiger partial charge is 0.390 e. The maximum Gasteiger partial charge on any atom is 0.0622 e. The fraction of sp³-hybridized carbons (Fsp3) is 0.909. The van der Waals surface area contributed by atoms with Gasteiger partial charge in [0.2, 0.25) is 0 Å². The molecule has 1 nitrogen and oxygen atoms in total. The van der Waals surface area contributed by atoms with Gasteiger partial charge in [-0.3, -0.25) is 0 Å². The second-order valence-electron chi connectivity index (χ2n) is 10.2. The van der Waals surface area contributed by atoms with Gasteiger partial charge in [-0.05, 0) is 113 Å². The van der Waals surface area contributed by atoms with E-state index >= 15 is 0 Å². The molecule has 4 fully saturated rings. The molecule has 1 heteroatoms. The van der Waals surface area contributed by atoms with E-state index in [-0.39, 0.29) is 5.60 Å². The zero-order valence-electron chi connectivity index (χ0n) is 15.5. The van der Waals surface area contributed by atoms with Crippen LogP contribution in [0.1, 0.15) is 78.6 Å². The van der Waals surface area contributed by atoms with Crippen LogP contribution in [0.2, 0.25) is 0 Å². The van der Waals surface area contributed by atoms with Crippen LogP contribution in [0.5, 0.6) is 0 Å².